The van der Waals surface area contributed by atoms with Crippen LogP contribution in [0, 0.1) is 0 Å². The number of benzene rings is 8. The number of rotatable bonds is 17. The largest absolute Gasteiger partial charge is 0.573 e. The SMILES string of the molecule is CC(=O)c1ccc(Nc2nc3c(-c4cccc(C(F)(F)F)c4)cccn3n2)cc1.COC(=O)c1ccc(Nc2nc3c(-c4cccc(Cl)c4)cccn3n2)cc1.COC(=O)c1ccc(Nc2nc3c(-c4cccc(OC(F)(F)F)c4)cccn3n2)cc1.O=C(O)c1ccc(Nc2nc3c(-c4cccc(C(F)(F)F)c4)cccn3n2)cc1. The second-order valence-electron chi connectivity index (χ2n) is 24.9. The number of aromatic carboxylic acids is 1. The van der Waals surface area contributed by atoms with E-state index in [0.717, 1.165) is 41.1 Å². The molecule has 0 fully saturated rings. The fourth-order valence-electron chi connectivity index (χ4n) is 11.6. The molecule has 5 N–H and O–H groups in total. The van der Waals surface area contributed by atoms with Crippen LogP contribution in [0.4, 0.5) is 86.1 Å². The van der Waals surface area contributed by atoms with E-state index in [1.807, 2.05) is 42.6 Å². The first-order valence-electron chi connectivity index (χ1n) is 34.4. The fraction of sp³-hybridized carbons (Fsp3) is 0.0732. The highest BCUT2D eigenvalue weighted by Crippen LogP contribution is 2.37. The van der Waals surface area contributed by atoms with Crippen LogP contribution >= 0.6 is 11.6 Å². The zero-order valence-corrected chi connectivity index (χ0v) is 61.1. The molecule has 584 valence electrons. The van der Waals surface area contributed by atoms with Crippen LogP contribution in [0.3, 0.4) is 0 Å². The second kappa shape index (κ2) is 33.9. The Morgan fingerprint density at radius 1 is 0.371 bits per heavy atom. The summed E-state index contributed by atoms with van der Waals surface area (Å²) in [6.07, 6.45) is -6.83. The molecular formula is C82H58ClF9N16O8. The minimum atomic E-state index is -4.78. The monoisotopic (exact) mass is 1600 g/mol. The third kappa shape index (κ3) is 19.3. The molecule has 8 aromatic heterocycles. The number of halogens is 10. The Kier molecular flexibility index (Phi) is 23.1. The number of carboxylic acids is 1. The number of carbonyl (C=O) groups excluding carboxylic acids is 3. The molecule has 116 heavy (non-hydrogen) atoms. The van der Waals surface area contributed by atoms with Gasteiger partial charge in [0.25, 0.3) is 0 Å². The van der Waals surface area contributed by atoms with Crippen LogP contribution in [0.25, 0.3) is 67.1 Å². The minimum absolute atomic E-state index is 0.0341. The van der Waals surface area contributed by atoms with Crippen LogP contribution in [0.1, 0.15) is 59.5 Å². The predicted molar refractivity (Wildman–Crippen MR) is 414 cm³/mol. The van der Waals surface area contributed by atoms with Crippen molar-refractivity contribution in [2.45, 2.75) is 25.6 Å². The van der Waals surface area contributed by atoms with E-state index in [-0.39, 0.29) is 35.0 Å². The molecule has 8 heterocycles. The maximum Gasteiger partial charge on any atom is 0.573 e. The lowest BCUT2D eigenvalue weighted by Crippen LogP contribution is -2.17. The molecular weight excluding hydrogens is 1540 g/mol. The average Bonchev–Trinajstić information content (AvgIpc) is 1.63. The van der Waals surface area contributed by atoms with Gasteiger partial charge in [0.2, 0.25) is 23.8 Å². The van der Waals surface area contributed by atoms with Crippen LogP contribution in [0.2, 0.25) is 5.02 Å². The standard InChI is InChI=1S/C21H15F3N4O3.C21H15F3N4O.C20H15ClN4O2.C20H13F3N4O2/c1-30-19(29)13-7-9-15(10-8-13)25-20-26-18-17(6-3-11-28(18)27-20)14-4-2-5-16(12-14)31-21(22,23)24;1-13(29)14-7-9-17(10-8-14)25-20-26-19-18(6-3-11-28(19)27-20)15-4-2-5-16(12-15)21(22,23)24;1-27-19(26)13-7-9-16(10-8-13)22-20-23-18-17(6-3-11-25(18)24-20)14-4-2-5-15(21)12-14;21-20(22,23)14-4-1-3-13(11-14)16-5-2-10-27-17(16)25-19(26-27)24-15-8-6-12(7-9-15)18(28)29/h2-12H,1H3,(H,25,27);2-12H,1H3,(H,25,27);2-12H,1H3,(H,22,24);1-11H,(H,24,26)(H,28,29). The van der Waals surface area contributed by atoms with Gasteiger partial charge < -0.3 is 40.6 Å². The van der Waals surface area contributed by atoms with Gasteiger partial charge in [0.15, 0.2) is 28.4 Å². The summed E-state index contributed by atoms with van der Waals surface area (Å²) in [5.41, 5.74) is 9.57. The van der Waals surface area contributed by atoms with Gasteiger partial charge in [-0.2, -0.15) is 46.3 Å². The highest BCUT2D eigenvalue weighted by atomic mass is 35.5. The molecule has 0 atom stereocenters. The lowest BCUT2D eigenvalue weighted by Gasteiger charge is -2.10. The third-order valence-corrected chi connectivity index (χ3v) is 17.3. The third-order valence-electron chi connectivity index (χ3n) is 17.0. The number of Topliss-reactive ketones (excluding diaryl/α,β-unsaturated/α-hetero) is 1. The molecule has 0 aliphatic rings. The Morgan fingerprint density at radius 3 is 0.974 bits per heavy atom. The summed E-state index contributed by atoms with van der Waals surface area (Å²) in [5, 5.41) is 39.2. The summed E-state index contributed by atoms with van der Waals surface area (Å²) in [7, 11) is 2.66. The van der Waals surface area contributed by atoms with Crippen molar-refractivity contribution < 1.29 is 78.0 Å². The Morgan fingerprint density at radius 2 is 0.672 bits per heavy atom. The maximum atomic E-state index is 13.1. The van der Waals surface area contributed by atoms with Crippen molar-refractivity contribution in [1.29, 1.82) is 0 Å². The zero-order valence-electron chi connectivity index (χ0n) is 60.4. The van der Waals surface area contributed by atoms with Gasteiger partial charge in [0, 0.05) is 80.4 Å². The quantitative estimate of drug-likeness (QED) is 0.0322. The number of hydrogen-bond donors (Lipinski definition) is 5. The number of esters is 2. The molecule has 0 aliphatic heterocycles. The van der Waals surface area contributed by atoms with Gasteiger partial charge in [-0.1, -0.05) is 60.1 Å². The first-order valence-corrected chi connectivity index (χ1v) is 34.7. The highest BCUT2D eigenvalue weighted by molar-refractivity contribution is 6.30. The number of nitrogens with zero attached hydrogens (tertiary/aromatic N) is 12. The molecule has 24 nitrogen and oxygen atoms in total. The van der Waals surface area contributed by atoms with E-state index in [0.29, 0.717) is 107 Å². The molecule has 16 rings (SSSR count). The number of carboxylic acid groups (broad SMARTS) is 1. The molecule has 34 heteroatoms. The smallest absolute Gasteiger partial charge is 0.478 e. The molecule has 8 aromatic carbocycles. The number of ether oxygens (including phenoxy) is 3. The second-order valence-corrected chi connectivity index (χ2v) is 25.3. The summed E-state index contributed by atoms with van der Waals surface area (Å²) in [6, 6.07) is 63.8. The summed E-state index contributed by atoms with van der Waals surface area (Å²) in [5.74, 6) is -0.960. The van der Waals surface area contributed by atoms with E-state index in [4.69, 9.17) is 21.4 Å². The van der Waals surface area contributed by atoms with Crippen molar-refractivity contribution in [2.75, 3.05) is 35.5 Å². The molecule has 0 spiro atoms. The van der Waals surface area contributed by atoms with Crippen molar-refractivity contribution in [3.05, 3.63) is 306 Å². The summed E-state index contributed by atoms with van der Waals surface area (Å²) in [6.45, 7) is 1.49. The summed E-state index contributed by atoms with van der Waals surface area (Å²) >= 11 is 6.12. The van der Waals surface area contributed by atoms with Gasteiger partial charge in [-0.25, -0.2) is 32.4 Å². The van der Waals surface area contributed by atoms with Crippen LogP contribution in [-0.2, 0) is 21.8 Å². The Balaban J connectivity index is 0.000000135. The van der Waals surface area contributed by atoms with Crippen LogP contribution < -0.4 is 26.0 Å². The maximum absolute atomic E-state index is 13.1. The number of methoxy groups -OCH3 is 2. The molecule has 0 amide bonds. The molecule has 0 saturated carbocycles. The minimum Gasteiger partial charge on any atom is -0.478 e. The van der Waals surface area contributed by atoms with Crippen molar-refractivity contribution >= 4 is 104 Å². The van der Waals surface area contributed by atoms with E-state index < -0.39 is 41.8 Å². The Bertz CT molecular complexity index is 6090. The first kappa shape index (κ1) is 79.1. The van der Waals surface area contributed by atoms with E-state index in [9.17, 15) is 58.7 Å². The molecule has 0 aliphatic carbocycles. The Labute approximate surface area is 655 Å². The molecule has 0 bridgehead atoms. The van der Waals surface area contributed by atoms with E-state index in [1.54, 1.807) is 163 Å². The molecule has 0 radical (unpaired) electrons. The molecule has 0 saturated heterocycles. The van der Waals surface area contributed by atoms with Gasteiger partial charge >= 0.3 is 36.6 Å². The van der Waals surface area contributed by atoms with Gasteiger partial charge in [-0.3, -0.25) is 4.79 Å². The number of anilines is 8. The number of nitrogens with one attached hydrogen (secondary N) is 4. The number of hydrogen-bond acceptors (Lipinski definition) is 19. The average molecular weight is 1600 g/mol. The van der Waals surface area contributed by atoms with Crippen molar-refractivity contribution in [3.8, 4) is 50.3 Å². The van der Waals surface area contributed by atoms with Crippen LogP contribution in [-0.4, -0.2) is 108 Å². The van der Waals surface area contributed by atoms with Gasteiger partial charge in [-0.05, 0) is 223 Å². The summed E-state index contributed by atoms with van der Waals surface area (Å²) in [4.78, 5) is 63.2. The fourth-order valence-corrected chi connectivity index (χ4v) is 11.8. The number of alkyl halides is 9. The number of ketones is 1. The van der Waals surface area contributed by atoms with Gasteiger partial charge in [0.1, 0.15) is 5.75 Å². The topological polar surface area (TPSA) is 285 Å². The number of pyridine rings is 4. The van der Waals surface area contributed by atoms with Crippen molar-refractivity contribution in [1.82, 2.24) is 58.4 Å². The summed E-state index contributed by atoms with van der Waals surface area (Å²) < 4.78 is 135. The molecule has 0 unspecified atom stereocenters. The Hall–Kier alpha value is -15.0. The number of fused-ring (bicyclic) bond motifs is 4. The van der Waals surface area contributed by atoms with Crippen molar-refractivity contribution in [2.24, 2.45) is 0 Å². The zero-order chi connectivity index (χ0) is 82.0. The van der Waals surface area contributed by atoms with E-state index >= 15 is 0 Å². The van der Waals surface area contributed by atoms with Crippen LogP contribution in [0.15, 0.2) is 267 Å². The van der Waals surface area contributed by atoms with Crippen molar-refractivity contribution in [3.63, 3.8) is 0 Å². The van der Waals surface area contributed by atoms with Gasteiger partial charge in [-0.15, -0.1) is 33.6 Å². The number of carbonyl (C=O) groups is 4. The lowest BCUT2D eigenvalue weighted by molar-refractivity contribution is -0.274. The number of aromatic nitrogens is 12. The van der Waals surface area contributed by atoms with Crippen LogP contribution in [0.5, 0.6) is 5.75 Å². The first-order chi connectivity index (χ1) is 55.6. The normalized spacial score (nSPS) is 11.3. The lowest BCUT2D eigenvalue weighted by atomic mass is 10.0. The van der Waals surface area contributed by atoms with Gasteiger partial charge in [0.05, 0.1) is 42.0 Å². The predicted octanol–water partition coefficient (Wildman–Crippen LogP) is 19.6. The van der Waals surface area contributed by atoms with E-state index in [2.05, 4.69) is 71.1 Å². The molecule has 16 aromatic rings. The van der Waals surface area contributed by atoms with E-state index in [1.165, 1.54) is 77.2 Å². The highest BCUT2D eigenvalue weighted by Gasteiger charge is 2.33.